The third kappa shape index (κ3) is 5.39. The zero-order valence-corrected chi connectivity index (χ0v) is 19.1. The molecule has 0 radical (unpaired) electrons. The molecular formula is C25H22ClN3O2S. The molecule has 7 heteroatoms. The fourth-order valence-corrected chi connectivity index (χ4v) is 4.55. The number of hydrogen-bond donors (Lipinski definition) is 1. The average molecular weight is 464 g/mol. The number of para-hydroxylation sites is 1. The van der Waals surface area contributed by atoms with Gasteiger partial charge in [0, 0.05) is 17.1 Å². The molecule has 0 aromatic heterocycles. The summed E-state index contributed by atoms with van der Waals surface area (Å²) in [6.45, 7) is 2.30. The molecule has 0 bridgehead atoms. The molecule has 162 valence electrons. The second kappa shape index (κ2) is 10.0. The molecule has 1 aliphatic rings. The lowest BCUT2D eigenvalue weighted by Gasteiger charge is -2.32. The molecule has 1 heterocycles. The van der Waals surface area contributed by atoms with Gasteiger partial charge in [0.2, 0.25) is 11.8 Å². The molecule has 1 N–H and O–H groups in total. The smallest absolute Gasteiger partial charge is 0.238 e. The minimum absolute atomic E-state index is 0.0940. The number of carbonyl (C=O) groups excluding carboxylic acids is 2. The molecule has 3 aromatic carbocycles. The van der Waals surface area contributed by atoms with Gasteiger partial charge in [0.05, 0.1) is 12.2 Å². The number of carbonyl (C=O) groups is 2. The van der Waals surface area contributed by atoms with E-state index in [0.717, 1.165) is 16.8 Å². The molecule has 1 fully saturated rings. The second-order valence-corrected chi connectivity index (χ2v) is 9.04. The fraction of sp³-hybridized carbons (Fsp3) is 0.160. The van der Waals surface area contributed by atoms with E-state index in [9.17, 15) is 9.59 Å². The summed E-state index contributed by atoms with van der Waals surface area (Å²) in [4.78, 5) is 32.4. The predicted octanol–water partition coefficient (Wildman–Crippen LogP) is 5.81. The van der Waals surface area contributed by atoms with Gasteiger partial charge in [-0.05, 0) is 42.3 Å². The van der Waals surface area contributed by atoms with Gasteiger partial charge in [-0.25, -0.2) is 4.99 Å². The number of aliphatic imine (C=N–C) groups is 1. The molecule has 0 spiro atoms. The minimum Gasteiger partial charge on any atom is -0.325 e. The van der Waals surface area contributed by atoms with Crippen LogP contribution in [0.5, 0.6) is 0 Å². The number of nitrogens with zero attached hydrogens (tertiary/aromatic N) is 2. The lowest BCUT2D eigenvalue weighted by molar-refractivity contribution is -0.129. The van der Waals surface area contributed by atoms with Crippen LogP contribution in [0.2, 0.25) is 5.02 Å². The summed E-state index contributed by atoms with van der Waals surface area (Å²) < 4.78 is 0. The van der Waals surface area contributed by atoms with Crippen molar-refractivity contribution in [3.05, 3.63) is 95.0 Å². The summed E-state index contributed by atoms with van der Waals surface area (Å²) in [5, 5.41) is 3.38. The molecular weight excluding hydrogens is 442 g/mol. The standard InChI is InChI=1S/C25H22ClN3O2S/c1-17-12-13-20(14-21(17)26)27-24(31)22-15-23(30)29(16-18-8-4-2-5-9-18)25(32-22)28-19-10-6-3-7-11-19/h2-14,22H,15-16H2,1H3,(H,27,31). The first kappa shape index (κ1) is 22.1. The third-order valence-corrected chi connectivity index (χ3v) is 6.63. The van der Waals surface area contributed by atoms with Crippen molar-refractivity contribution in [2.45, 2.75) is 25.1 Å². The lowest BCUT2D eigenvalue weighted by Crippen LogP contribution is -2.44. The summed E-state index contributed by atoms with van der Waals surface area (Å²) >= 11 is 7.48. The van der Waals surface area contributed by atoms with Gasteiger partial charge in [0.1, 0.15) is 5.25 Å². The number of halogens is 1. The van der Waals surface area contributed by atoms with Crippen LogP contribution in [0.3, 0.4) is 0 Å². The maximum atomic E-state index is 13.1. The second-order valence-electron chi connectivity index (χ2n) is 7.46. The highest BCUT2D eigenvalue weighted by Crippen LogP contribution is 2.31. The largest absolute Gasteiger partial charge is 0.325 e. The van der Waals surface area contributed by atoms with Crippen molar-refractivity contribution in [3.8, 4) is 0 Å². The first-order valence-electron chi connectivity index (χ1n) is 10.2. The van der Waals surface area contributed by atoms with E-state index in [2.05, 4.69) is 5.32 Å². The van der Waals surface area contributed by atoms with Crippen LogP contribution in [0.1, 0.15) is 17.5 Å². The first-order chi connectivity index (χ1) is 15.5. The predicted molar refractivity (Wildman–Crippen MR) is 131 cm³/mol. The normalized spacial score (nSPS) is 17.4. The van der Waals surface area contributed by atoms with Crippen molar-refractivity contribution in [2.75, 3.05) is 5.32 Å². The molecule has 4 rings (SSSR count). The van der Waals surface area contributed by atoms with Crippen molar-refractivity contribution >= 4 is 51.7 Å². The molecule has 2 amide bonds. The topological polar surface area (TPSA) is 61.8 Å². The van der Waals surface area contributed by atoms with Crippen LogP contribution in [-0.4, -0.2) is 27.1 Å². The maximum Gasteiger partial charge on any atom is 0.238 e. The van der Waals surface area contributed by atoms with Gasteiger partial charge in [-0.1, -0.05) is 78.0 Å². The molecule has 1 saturated heterocycles. The number of benzene rings is 3. The van der Waals surface area contributed by atoms with Crippen LogP contribution in [0.25, 0.3) is 0 Å². The van der Waals surface area contributed by atoms with E-state index in [4.69, 9.17) is 16.6 Å². The van der Waals surface area contributed by atoms with Gasteiger partial charge in [-0.2, -0.15) is 0 Å². The van der Waals surface area contributed by atoms with Crippen molar-refractivity contribution in [1.82, 2.24) is 4.90 Å². The Morgan fingerprint density at radius 2 is 1.78 bits per heavy atom. The lowest BCUT2D eigenvalue weighted by atomic mass is 10.2. The number of nitrogens with one attached hydrogen (secondary N) is 1. The Hall–Kier alpha value is -3.09. The molecule has 5 nitrogen and oxygen atoms in total. The Bertz CT molecular complexity index is 1150. The average Bonchev–Trinajstić information content (AvgIpc) is 2.80. The summed E-state index contributed by atoms with van der Waals surface area (Å²) in [5.41, 5.74) is 3.26. The van der Waals surface area contributed by atoms with Crippen molar-refractivity contribution in [2.24, 2.45) is 4.99 Å². The van der Waals surface area contributed by atoms with E-state index in [1.54, 1.807) is 17.0 Å². The van der Waals surface area contributed by atoms with Crippen LogP contribution >= 0.6 is 23.4 Å². The fourth-order valence-electron chi connectivity index (χ4n) is 3.27. The van der Waals surface area contributed by atoms with E-state index in [1.165, 1.54) is 11.8 Å². The number of rotatable bonds is 5. The summed E-state index contributed by atoms with van der Waals surface area (Å²) in [6.07, 6.45) is 0.0940. The number of anilines is 1. The number of thioether (sulfide) groups is 1. The van der Waals surface area contributed by atoms with Crippen molar-refractivity contribution < 1.29 is 9.59 Å². The SMILES string of the molecule is Cc1ccc(NC(=O)C2CC(=O)N(Cc3ccccc3)C(=Nc3ccccc3)S2)cc1Cl. The monoisotopic (exact) mass is 463 g/mol. The van der Waals surface area contributed by atoms with Gasteiger partial charge >= 0.3 is 0 Å². The van der Waals surface area contributed by atoms with Crippen molar-refractivity contribution in [1.29, 1.82) is 0 Å². The van der Waals surface area contributed by atoms with E-state index in [-0.39, 0.29) is 18.2 Å². The number of amides is 2. The van der Waals surface area contributed by atoms with Crippen LogP contribution < -0.4 is 5.32 Å². The van der Waals surface area contributed by atoms with Crippen molar-refractivity contribution in [3.63, 3.8) is 0 Å². The third-order valence-electron chi connectivity index (χ3n) is 5.04. The highest BCUT2D eigenvalue weighted by atomic mass is 35.5. The number of aryl methyl sites for hydroxylation is 1. The van der Waals surface area contributed by atoms with Crippen LogP contribution in [-0.2, 0) is 16.1 Å². The Morgan fingerprint density at radius 3 is 2.47 bits per heavy atom. The van der Waals surface area contributed by atoms with E-state index in [0.29, 0.717) is 22.4 Å². The quantitative estimate of drug-likeness (QED) is 0.519. The van der Waals surface area contributed by atoms with Crippen LogP contribution in [0, 0.1) is 6.92 Å². The molecule has 0 saturated carbocycles. The minimum atomic E-state index is -0.586. The number of hydrogen-bond acceptors (Lipinski definition) is 4. The van der Waals surface area contributed by atoms with E-state index < -0.39 is 5.25 Å². The van der Waals surface area contributed by atoms with Gasteiger partial charge in [-0.3, -0.25) is 14.5 Å². The Balaban J connectivity index is 1.58. The van der Waals surface area contributed by atoms with Gasteiger partial charge in [0.15, 0.2) is 5.17 Å². The summed E-state index contributed by atoms with van der Waals surface area (Å²) in [6, 6.07) is 24.6. The van der Waals surface area contributed by atoms with Gasteiger partial charge < -0.3 is 5.32 Å². The maximum absolute atomic E-state index is 13.1. The van der Waals surface area contributed by atoms with Gasteiger partial charge in [0.25, 0.3) is 0 Å². The van der Waals surface area contributed by atoms with E-state index in [1.807, 2.05) is 73.7 Å². The van der Waals surface area contributed by atoms with E-state index >= 15 is 0 Å². The molecule has 32 heavy (non-hydrogen) atoms. The van der Waals surface area contributed by atoms with Crippen LogP contribution in [0.15, 0.2) is 83.9 Å². The molecule has 1 aliphatic heterocycles. The highest BCUT2D eigenvalue weighted by Gasteiger charge is 2.36. The zero-order chi connectivity index (χ0) is 22.5. The summed E-state index contributed by atoms with van der Waals surface area (Å²) in [7, 11) is 0. The molecule has 0 aliphatic carbocycles. The van der Waals surface area contributed by atoms with Gasteiger partial charge in [-0.15, -0.1) is 0 Å². The zero-order valence-electron chi connectivity index (χ0n) is 17.5. The molecule has 1 unspecified atom stereocenters. The summed E-state index contributed by atoms with van der Waals surface area (Å²) in [5.74, 6) is -0.382. The number of amidine groups is 1. The Kier molecular flexibility index (Phi) is 6.93. The molecule has 1 atom stereocenters. The first-order valence-corrected chi connectivity index (χ1v) is 11.5. The highest BCUT2D eigenvalue weighted by molar-refractivity contribution is 8.15. The van der Waals surface area contributed by atoms with Crippen LogP contribution in [0.4, 0.5) is 11.4 Å². The molecule has 3 aromatic rings. The Labute approximate surface area is 196 Å². The Morgan fingerprint density at radius 1 is 1.09 bits per heavy atom.